The minimum Gasteiger partial charge on any atom is -0.465 e. The molecule has 0 fully saturated rings. The van der Waals surface area contributed by atoms with E-state index in [1.54, 1.807) is 30.5 Å². The zero-order valence-electron chi connectivity index (χ0n) is 16.9. The molecule has 0 aliphatic carbocycles. The average Bonchev–Trinajstić information content (AvgIpc) is 3.19. The number of nitrogens with one attached hydrogen (secondary N) is 1. The van der Waals surface area contributed by atoms with Crippen molar-refractivity contribution in [2.45, 2.75) is 13.1 Å². The van der Waals surface area contributed by atoms with Gasteiger partial charge in [-0.2, -0.15) is 0 Å². The molecule has 1 amide bonds. The van der Waals surface area contributed by atoms with Gasteiger partial charge in [-0.25, -0.2) is 4.79 Å². The van der Waals surface area contributed by atoms with Crippen LogP contribution in [0.15, 0.2) is 83.9 Å². The molecule has 0 bridgehead atoms. The lowest BCUT2D eigenvalue weighted by atomic mass is 10.2. The predicted octanol–water partition coefficient (Wildman–Crippen LogP) is 3.28. The number of amides is 1. The second kappa shape index (κ2) is 8.71. The van der Waals surface area contributed by atoms with Crippen molar-refractivity contribution in [2.75, 3.05) is 12.4 Å². The van der Waals surface area contributed by atoms with E-state index < -0.39 is 5.97 Å². The van der Waals surface area contributed by atoms with E-state index >= 15 is 0 Å². The zero-order chi connectivity index (χ0) is 21.8. The molecule has 0 radical (unpaired) electrons. The SMILES string of the molecule is COC(=O)c1ccc(NC(=O)Cn2ccc3ccn(Cc4ccccc4)c3c2=O)cc1. The van der Waals surface area contributed by atoms with Gasteiger partial charge in [0.05, 0.1) is 12.7 Å². The molecule has 2 aromatic carbocycles. The Morgan fingerprint density at radius 2 is 1.58 bits per heavy atom. The molecule has 0 unspecified atom stereocenters. The summed E-state index contributed by atoms with van der Waals surface area (Å²) in [5, 5.41) is 3.57. The Kier molecular flexibility index (Phi) is 5.66. The van der Waals surface area contributed by atoms with Crippen molar-refractivity contribution in [3.63, 3.8) is 0 Å². The van der Waals surface area contributed by atoms with Gasteiger partial charge in [0, 0.05) is 30.0 Å². The lowest BCUT2D eigenvalue weighted by Crippen LogP contribution is -2.28. The monoisotopic (exact) mass is 415 g/mol. The molecule has 0 saturated carbocycles. The van der Waals surface area contributed by atoms with Crippen molar-refractivity contribution in [1.29, 1.82) is 0 Å². The molecule has 0 spiro atoms. The van der Waals surface area contributed by atoms with Crippen LogP contribution in [0.1, 0.15) is 15.9 Å². The molecule has 2 aromatic heterocycles. The van der Waals surface area contributed by atoms with E-state index in [9.17, 15) is 14.4 Å². The standard InChI is InChI=1S/C24H21N3O4/c1-31-24(30)19-7-9-20(10-8-19)25-21(28)16-27-14-12-18-11-13-26(22(18)23(27)29)15-17-5-3-2-4-6-17/h2-14H,15-16H2,1H3,(H,25,28). The molecule has 2 heterocycles. The van der Waals surface area contributed by atoms with Crippen LogP contribution >= 0.6 is 0 Å². The lowest BCUT2D eigenvalue weighted by Gasteiger charge is -2.10. The molecule has 0 atom stereocenters. The highest BCUT2D eigenvalue weighted by Gasteiger charge is 2.12. The van der Waals surface area contributed by atoms with Crippen molar-refractivity contribution in [3.8, 4) is 0 Å². The lowest BCUT2D eigenvalue weighted by molar-refractivity contribution is -0.116. The molecule has 0 aliphatic heterocycles. The number of pyridine rings is 1. The summed E-state index contributed by atoms with van der Waals surface area (Å²) in [6.07, 6.45) is 3.50. The molecular formula is C24H21N3O4. The van der Waals surface area contributed by atoms with Crippen LogP contribution in [-0.4, -0.2) is 28.1 Å². The Labute approximate surface area is 178 Å². The second-order valence-corrected chi connectivity index (χ2v) is 7.10. The molecule has 1 N–H and O–H groups in total. The predicted molar refractivity (Wildman–Crippen MR) is 118 cm³/mol. The van der Waals surface area contributed by atoms with Gasteiger partial charge in [-0.05, 0) is 42.0 Å². The first-order valence-corrected chi connectivity index (χ1v) is 9.75. The maximum Gasteiger partial charge on any atom is 0.337 e. The minimum atomic E-state index is -0.448. The molecule has 7 heteroatoms. The maximum absolute atomic E-state index is 13.1. The van der Waals surface area contributed by atoms with Crippen LogP contribution in [0.3, 0.4) is 0 Å². The molecule has 0 aliphatic rings. The number of hydrogen-bond donors (Lipinski definition) is 1. The zero-order valence-corrected chi connectivity index (χ0v) is 16.9. The first-order chi connectivity index (χ1) is 15.0. The molecular weight excluding hydrogens is 394 g/mol. The fourth-order valence-electron chi connectivity index (χ4n) is 3.44. The normalized spacial score (nSPS) is 10.7. The van der Waals surface area contributed by atoms with Gasteiger partial charge < -0.3 is 19.2 Å². The fourth-order valence-corrected chi connectivity index (χ4v) is 3.44. The van der Waals surface area contributed by atoms with Gasteiger partial charge in [-0.1, -0.05) is 30.3 Å². The summed E-state index contributed by atoms with van der Waals surface area (Å²) in [6, 6.07) is 20.0. The number of carbonyl (C=O) groups is 2. The summed E-state index contributed by atoms with van der Waals surface area (Å²) < 4.78 is 7.95. The van der Waals surface area contributed by atoms with Crippen LogP contribution in [-0.2, 0) is 22.6 Å². The van der Waals surface area contributed by atoms with E-state index in [0.717, 1.165) is 10.9 Å². The van der Waals surface area contributed by atoms with Crippen molar-refractivity contribution < 1.29 is 14.3 Å². The summed E-state index contributed by atoms with van der Waals surface area (Å²) >= 11 is 0. The number of aromatic nitrogens is 2. The van der Waals surface area contributed by atoms with Crippen molar-refractivity contribution >= 4 is 28.5 Å². The summed E-state index contributed by atoms with van der Waals surface area (Å²) in [4.78, 5) is 37.0. The quantitative estimate of drug-likeness (QED) is 0.490. The Balaban J connectivity index is 1.52. The summed E-state index contributed by atoms with van der Waals surface area (Å²) in [7, 11) is 1.31. The number of hydrogen-bond acceptors (Lipinski definition) is 4. The number of esters is 1. The van der Waals surface area contributed by atoms with E-state index in [1.165, 1.54) is 11.7 Å². The van der Waals surface area contributed by atoms with Crippen LogP contribution < -0.4 is 10.9 Å². The average molecular weight is 415 g/mol. The Hall–Kier alpha value is -4.13. The van der Waals surface area contributed by atoms with Gasteiger partial charge in [-0.3, -0.25) is 9.59 Å². The van der Waals surface area contributed by atoms with Crippen LogP contribution in [0.2, 0.25) is 0 Å². The van der Waals surface area contributed by atoms with Crippen LogP contribution in [0.4, 0.5) is 5.69 Å². The van der Waals surface area contributed by atoms with Crippen molar-refractivity contribution in [2.24, 2.45) is 0 Å². The summed E-state index contributed by atoms with van der Waals surface area (Å²) in [6.45, 7) is 0.451. The summed E-state index contributed by atoms with van der Waals surface area (Å²) in [5.74, 6) is -0.787. The molecule has 31 heavy (non-hydrogen) atoms. The van der Waals surface area contributed by atoms with Crippen molar-refractivity contribution in [3.05, 3.63) is 101 Å². The second-order valence-electron chi connectivity index (χ2n) is 7.10. The highest BCUT2D eigenvalue weighted by atomic mass is 16.5. The highest BCUT2D eigenvalue weighted by molar-refractivity contribution is 5.93. The number of rotatable bonds is 6. The van der Waals surface area contributed by atoms with E-state index in [4.69, 9.17) is 0 Å². The largest absolute Gasteiger partial charge is 0.465 e. The van der Waals surface area contributed by atoms with E-state index in [0.29, 0.717) is 23.3 Å². The molecule has 156 valence electrons. The maximum atomic E-state index is 13.1. The van der Waals surface area contributed by atoms with Gasteiger partial charge in [0.2, 0.25) is 5.91 Å². The van der Waals surface area contributed by atoms with Crippen LogP contribution in [0.25, 0.3) is 10.9 Å². The van der Waals surface area contributed by atoms with Gasteiger partial charge in [0.25, 0.3) is 5.56 Å². The fraction of sp³-hybridized carbons (Fsp3) is 0.125. The molecule has 0 saturated heterocycles. The number of fused-ring (bicyclic) bond motifs is 1. The van der Waals surface area contributed by atoms with Crippen LogP contribution in [0.5, 0.6) is 0 Å². The molecule has 4 rings (SSSR count). The van der Waals surface area contributed by atoms with E-state index in [2.05, 4.69) is 10.1 Å². The number of anilines is 1. The third kappa shape index (κ3) is 4.40. The third-order valence-corrected chi connectivity index (χ3v) is 4.99. The summed E-state index contributed by atoms with van der Waals surface area (Å²) in [5.41, 5.74) is 2.33. The Bertz CT molecular complexity index is 1290. The first-order valence-electron chi connectivity index (χ1n) is 9.75. The highest BCUT2D eigenvalue weighted by Crippen LogP contribution is 2.14. The van der Waals surface area contributed by atoms with Crippen molar-refractivity contribution in [1.82, 2.24) is 9.13 Å². The smallest absolute Gasteiger partial charge is 0.337 e. The number of ether oxygens (including phenoxy) is 1. The van der Waals surface area contributed by atoms with E-state index in [-0.39, 0.29) is 18.0 Å². The Morgan fingerprint density at radius 3 is 2.26 bits per heavy atom. The number of benzene rings is 2. The molecule has 7 nitrogen and oxygen atoms in total. The van der Waals surface area contributed by atoms with Crippen LogP contribution in [0, 0.1) is 0 Å². The minimum absolute atomic E-state index is 0.121. The first kappa shape index (κ1) is 20.2. The number of carbonyl (C=O) groups excluding carboxylic acids is 2. The number of methoxy groups -OCH3 is 1. The molecule has 4 aromatic rings. The topological polar surface area (TPSA) is 82.3 Å². The van der Waals surface area contributed by atoms with Gasteiger partial charge in [0.15, 0.2) is 0 Å². The van der Waals surface area contributed by atoms with Gasteiger partial charge >= 0.3 is 5.97 Å². The van der Waals surface area contributed by atoms with Gasteiger partial charge in [-0.15, -0.1) is 0 Å². The Morgan fingerprint density at radius 1 is 0.903 bits per heavy atom. The third-order valence-electron chi connectivity index (χ3n) is 4.99. The van der Waals surface area contributed by atoms with Gasteiger partial charge in [0.1, 0.15) is 12.1 Å². The van der Waals surface area contributed by atoms with E-state index in [1.807, 2.05) is 53.2 Å². The number of nitrogens with zero attached hydrogens (tertiary/aromatic N) is 2.